The van der Waals surface area contributed by atoms with Crippen LogP contribution in [0.5, 0.6) is 0 Å². The van der Waals surface area contributed by atoms with Crippen molar-refractivity contribution in [1.82, 2.24) is 0 Å². The molecule has 46 heavy (non-hydrogen) atoms. The van der Waals surface area contributed by atoms with Crippen LogP contribution in [0.4, 0.5) is 0 Å². The van der Waals surface area contributed by atoms with Crippen molar-refractivity contribution < 1.29 is 59.4 Å². The summed E-state index contributed by atoms with van der Waals surface area (Å²) < 4.78 is 29.7. The predicted octanol–water partition coefficient (Wildman–Crippen LogP) is 0.752. The molecular formula is C34H56O12. The Labute approximate surface area is 271 Å². The normalized spacial score (nSPS) is 54.7. The second kappa shape index (κ2) is 12.9. The predicted molar refractivity (Wildman–Crippen MR) is 163 cm³/mol. The monoisotopic (exact) mass is 656 g/mol. The van der Waals surface area contributed by atoms with Crippen molar-refractivity contribution in [3.05, 3.63) is 11.6 Å². The van der Waals surface area contributed by atoms with Crippen LogP contribution in [-0.4, -0.2) is 129 Å². The van der Waals surface area contributed by atoms with Crippen molar-refractivity contribution in [2.24, 2.45) is 28.6 Å². The lowest BCUT2D eigenvalue weighted by atomic mass is 9.45. The van der Waals surface area contributed by atoms with E-state index in [2.05, 4.69) is 19.9 Å². The molecule has 2 saturated heterocycles. The Morgan fingerprint density at radius 1 is 0.891 bits per heavy atom. The summed E-state index contributed by atoms with van der Waals surface area (Å²) in [5.74, 6) is 0.630. The molecule has 0 aromatic carbocycles. The third-order valence-corrected chi connectivity index (χ3v) is 13.4. The molecule has 12 heteroatoms. The second-order valence-electron chi connectivity index (χ2n) is 15.6. The number of hydrogen-bond donors (Lipinski definition) is 7. The topological polar surface area (TPSA) is 188 Å². The lowest BCUT2D eigenvalue weighted by molar-refractivity contribution is -0.361. The average Bonchev–Trinajstić information content (AvgIpc) is 3.31. The highest BCUT2D eigenvalue weighted by molar-refractivity contribution is 5.28. The number of fused-ring (bicyclic) bond motifs is 5. The van der Waals surface area contributed by atoms with Gasteiger partial charge in [0.15, 0.2) is 12.6 Å². The zero-order valence-corrected chi connectivity index (χ0v) is 27.8. The summed E-state index contributed by atoms with van der Waals surface area (Å²) in [6.07, 6.45) is -3.55. The average molecular weight is 657 g/mol. The van der Waals surface area contributed by atoms with Crippen LogP contribution in [-0.2, 0) is 23.7 Å². The minimum Gasteiger partial charge on any atom is -0.394 e. The van der Waals surface area contributed by atoms with Crippen LogP contribution < -0.4 is 0 Å². The largest absolute Gasteiger partial charge is 0.394 e. The maximum absolute atomic E-state index is 12.3. The molecule has 2 heterocycles. The van der Waals surface area contributed by atoms with Gasteiger partial charge in [-0.3, -0.25) is 0 Å². The molecule has 4 aliphatic carbocycles. The van der Waals surface area contributed by atoms with Crippen LogP contribution in [0.2, 0.25) is 0 Å². The van der Waals surface area contributed by atoms with Crippen LogP contribution in [0.3, 0.4) is 0 Å². The molecule has 3 saturated carbocycles. The highest BCUT2D eigenvalue weighted by Gasteiger charge is 2.67. The van der Waals surface area contributed by atoms with Crippen molar-refractivity contribution in [3.63, 3.8) is 0 Å². The fourth-order valence-electron chi connectivity index (χ4n) is 10.6. The first-order valence-corrected chi connectivity index (χ1v) is 17.3. The molecule has 0 amide bonds. The number of aliphatic hydroxyl groups is 7. The highest BCUT2D eigenvalue weighted by atomic mass is 16.7. The van der Waals surface area contributed by atoms with Gasteiger partial charge in [-0.25, -0.2) is 0 Å². The van der Waals surface area contributed by atoms with E-state index in [1.165, 1.54) is 12.7 Å². The first kappa shape index (κ1) is 35.1. The molecule has 0 aromatic heterocycles. The van der Waals surface area contributed by atoms with Crippen LogP contribution in [0.15, 0.2) is 11.6 Å². The molecule has 6 aliphatic rings. The lowest BCUT2D eigenvalue weighted by Gasteiger charge is -2.61. The zero-order valence-electron chi connectivity index (χ0n) is 27.8. The van der Waals surface area contributed by atoms with E-state index in [0.717, 1.165) is 44.9 Å². The van der Waals surface area contributed by atoms with Crippen LogP contribution in [0.1, 0.15) is 79.1 Å². The summed E-state index contributed by atoms with van der Waals surface area (Å²) in [5.41, 5.74) is 0.224. The van der Waals surface area contributed by atoms with Gasteiger partial charge in [-0.1, -0.05) is 25.5 Å². The van der Waals surface area contributed by atoms with Crippen molar-refractivity contribution in [2.45, 2.75) is 158 Å². The third kappa shape index (κ3) is 5.43. The molecule has 0 aromatic rings. The Bertz CT molecular complexity index is 1120. The molecule has 6 rings (SSSR count). The molecule has 0 spiro atoms. The summed E-state index contributed by atoms with van der Waals surface area (Å²) in [7, 11) is 1.43. The first-order valence-electron chi connectivity index (χ1n) is 17.3. The standard InChI is InChI=1S/C34H56O12/c1-16(36)20-10-13-34(41)22-7-6-18-14-19(8-11-32(18,3)21(22)9-12-33(20,34)4)44-31-27(40)29(42-5)28(17(2)43-31)46-30-26(39)25(38)24(37)23(15-35)45-30/h6,16-17,19-31,35-41H,7-15H2,1-5H3/t16-,17+,19-,20+,21-,22+,23+,24+,25-,26+,27+,28-,29+,30-,31-,32-,33+,34-/m0/s1. The number of methoxy groups -OCH3 is 1. The molecule has 2 aliphatic heterocycles. The number of ether oxygens (including phenoxy) is 5. The fraction of sp³-hybridized carbons (Fsp3) is 0.941. The van der Waals surface area contributed by atoms with Gasteiger partial charge in [-0.2, -0.15) is 0 Å². The molecule has 12 nitrogen and oxygen atoms in total. The summed E-state index contributed by atoms with van der Waals surface area (Å²) >= 11 is 0. The molecule has 5 fully saturated rings. The minimum absolute atomic E-state index is 0.0541. The molecule has 0 bridgehead atoms. The summed E-state index contributed by atoms with van der Waals surface area (Å²) in [6.45, 7) is 7.55. The van der Waals surface area contributed by atoms with E-state index in [1.54, 1.807) is 6.92 Å². The minimum atomic E-state index is -1.60. The third-order valence-electron chi connectivity index (χ3n) is 13.4. The van der Waals surface area contributed by atoms with Gasteiger partial charge in [0, 0.05) is 12.5 Å². The van der Waals surface area contributed by atoms with Gasteiger partial charge >= 0.3 is 0 Å². The Morgan fingerprint density at radius 2 is 1.61 bits per heavy atom. The summed E-state index contributed by atoms with van der Waals surface area (Å²) in [6, 6.07) is 0. The SMILES string of the molecule is CO[C@@H]1[C@@H](O)[C@H](O[C@H]2CC[C@@]3(C)C(=CC[C@@H]4[C@@H]3CC[C@]3(C)[C@@H]([C@H](C)O)CC[C@]43O)C2)O[C@H](C)[C@@H]1O[C@@H]1O[C@H](CO)[C@@H](O)[C@H](O)[C@H]1O. The Kier molecular flexibility index (Phi) is 9.81. The van der Waals surface area contributed by atoms with Gasteiger partial charge in [0.05, 0.1) is 30.5 Å². The van der Waals surface area contributed by atoms with Gasteiger partial charge in [0.1, 0.15) is 42.7 Å². The van der Waals surface area contributed by atoms with Gasteiger partial charge in [-0.15, -0.1) is 0 Å². The quantitative estimate of drug-likeness (QED) is 0.191. The molecule has 0 unspecified atom stereocenters. The van der Waals surface area contributed by atoms with Crippen LogP contribution in [0.25, 0.3) is 0 Å². The van der Waals surface area contributed by atoms with E-state index in [9.17, 15) is 35.7 Å². The van der Waals surface area contributed by atoms with E-state index >= 15 is 0 Å². The van der Waals surface area contributed by atoms with E-state index in [-0.39, 0.29) is 28.8 Å². The Morgan fingerprint density at radius 3 is 2.28 bits per heavy atom. The van der Waals surface area contributed by atoms with Gasteiger partial charge in [-0.05, 0) is 88.4 Å². The van der Waals surface area contributed by atoms with E-state index < -0.39 is 79.7 Å². The molecular weight excluding hydrogens is 600 g/mol. The molecule has 264 valence electrons. The number of rotatable bonds is 7. The van der Waals surface area contributed by atoms with Crippen molar-refractivity contribution in [2.75, 3.05) is 13.7 Å². The van der Waals surface area contributed by atoms with E-state index in [1.807, 2.05) is 6.92 Å². The van der Waals surface area contributed by atoms with Crippen molar-refractivity contribution >= 4 is 0 Å². The second-order valence-corrected chi connectivity index (χ2v) is 15.6. The zero-order chi connectivity index (χ0) is 33.3. The fourth-order valence-corrected chi connectivity index (χ4v) is 10.6. The smallest absolute Gasteiger partial charge is 0.187 e. The van der Waals surface area contributed by atoms with Gasteiger partial charge in [0.2, 0.25) is 0 Å². The first-order chi connectivity index (χ1) is 21.7. The van der Waals surface area contributed by atoms with E-state index in [4.69, 9.17) is 23.7 Å². The number of allylic oxidation sites excluding steroid dienone is 1. The van der Waals surface area contributed by atoms with Gasteiger partial charge in [0.25, 0.3) is 0 Å². The number of aliphatic hydroxyl groups excluding tert-OH is 6. The van der Waals surface area contributed by atoms with Crippen LogP contribution >= 0.6 is 0 Å². The van der Waals surface area contributed by atoms with Crippen molar-refractivity contribution in [1.29, 1.82) is 0 Å². The summed E-state index contributed by atoms with van der Waals surface area (Å²) in [5, 5.41) is 74.5. The lowest BCUT2D eigenvalue weighted by Crippen LogP contribution is -2.64. The highest BCUT2D eigenvalue weighted by Crippen LogP contribution is 2.68. The van der Waals surface area contributed by atoms with Gasteiger partial charge < -0.3 is 59.4 Å². The maximum atomic E-state index is 12.3. The molecule has 18 atom stereocenters. The van der Waals surface area contributed by atoms with Crippen LogP contribution in [0, 0.1) is 28.6 Å². The number of hydrogen-bond acceptors (Lipinski definition) is 12. The maximum Gasteiger partial charge on any atom is 0.187 e. The summed E-state index contributed by atoms with van der Waals surface area (Å²) in [4.78, 5) is 0. The van der Waals surface area contributed by atoms with E-state index in [0.29, 0.717) is 12.3 Å². The van der Waals surface area contributed by atoms with Crippen molar-refractivity contribution in [3.8, 4) is 0 Å². The Balaban J connectivity index is 1.12. The molecule has 0 radical (unpaired) electrons. The Hall–Kier alpha value is -0.740. The molecule has 7 N–H and O–H groups in total.